The Balaban J connectivity index is 2.17. The Morgan fingerprint density at radius 1 is 1.33 bits per heavy atom. The van der Waals surface area contributed by atoms with Crippen molar-refractivity contribution in [2.24, 2.45) is 11.0 Å². The number of carbonyl (C=O) groups excluding carboxylic acids is 1. The summed E-state index contributed by atoms with van der Waals surface area (Å²) in [4.78, 5) is 34.2. The number of rotatable bonds is 5. The van der Waals surface area contributed by atoms with Crippen molar-refractivity contribution in [2.75, 3.05) is 18.6 Å². The summed E-state index contributed by atoms with van der Waals surface area (Å²) in [6.07, 6.45) is 0.100. The van der Waals surface area contributed by atoms with Crippen molar-refractivity contribution < 1.29 is 19.4 Å². The predicted octanol–water partition coefficient (Wildman–Crippen LogP) is 3.16. The molecule has 0 aliphatic carbocycles. The molecule has 146 valence electrons. The van der Waals surface area contributed by atoms with Gasteiger partial charge in [-0.2, -0.15) is 5.10 Å². The Bertz CT molecular complexity index is 781. The number of ether oxygens (including phenoxy) is 1. The van der Waals surface area contributed by atoms with Crippen molar-refractivity contribution >= 4 is 28.9 Å². The van der Waals surface area contributed by atoms with E-state index in [-0.39, 0.29) is 29.4 Å². The SMILES string of the molecule is CCOC(=O)N1C[C@@H](C)/C(=N\Nc2ccc([N+](=O)[O-])cc2[N+](=O)[O-])C[C@@H]1C. The molecule has 2 rings (SSSR count). The highest BCUT2D eigenvalue weighted by atomic mass is 16.6. The minimum Gasteiger partial charge on any atom is -0.450 e. The number of non-ortho nitro benzene ring substituents is 1. The second-order valence-electron chi connectivity index (χ2n) is 6.24. The summed E-state index contributed by atoms with van der Waals surface area (Å²) in [5, 5.41) is 26.2. The smallest absolute Gasteiger partial charge is 0.410 e. The van der Waals surface area contributed by atoms with Crippen LogP contribution in [0.1, 0.15) is 27.2 Å². The Labute approximate surface area is 155 Å². The van der Waals surface area contributed by atoms with Gasteiger partial charge in [-0.3, -0.25) is 25.7 Å². The van der Waals surface area contributed by atoms with E-state index in [1.807, 2.05) is 13.8 Å². The quantitative estimate of drug-likeness (QED) is 0.612. The fourth-order valence-electron chi connectivity index (χ4n) is 2.82. The third-order valence-electron chi connectivity index (χ3n) is 4.29. The molecule has 2 atom stereocenters. The summed E-state index contributed by atoms with van der Waals surface area (Å²) in [5.41, 5.74) is 2.64. The van der Waals surface area contributed by atoms with E-state index >= 15 is 0 Å². The fraction of sp³-hybridized carbons (Fsp3) is 0.500. The van der Waals surface area contributed by atoms with Crippen LogP contribution < -0.4 is 5.43 Å². The number of anilines is 1. The average Bonchev–Trinajstić information content (AvgIpc) is 2.61. The van der Waals surface area contributed by atoms with E-state index in [1.165, 1.54) is 12.1 Å². The maximum atomic E-state index is 12.0. The largest absolute Gasteiger partial charge is 0.450 e. The van der Waals surface area contributed by atoms with Gasteiger partial charge < -0.3 is 9.64 Å². The van der Waals surface area contributed by atoms with Crippen LogP contribution in [0.5, 0.6) is 0 Å². The zero-order chi connectivity index (χ0) is 20.1. The van der Waals surface area contributed by atoms with Gasteiger partial charge in [-0.15, -0.1) is 0 Å². The molecular weight excluding hydrogens is 358 g/mol. The molecule has 1 N–H and O–H groups in total. The molecule has 27 heavy (non-hydrogen) atoms. The van der Waals surface area contributed by atoms with Gasteiger partial charge in [-0.1, -0.05) is 6.92 Å². The maximum absolute atomic E-state index is 12.0. The summed E-state index contributed by atoms with van der Waals surface area (Å²) in [5.74, 6) is -0.0739. The van der Waals surface area contributed by atoms with Crippen LogP contribution in [0.2, 0.25) is 0 Å². The van der Waals surface area contributed by atoms with Gasteiger partial charge in [0, 0.05) is 36.7 Å². The van der Waals surface area contributed by atoms with Crippen molar-refractivity contribution in [1.82, 2.24) is 4.90 Å². The van der Waals surface area contributed by atoms with E-state index in [9.17, 15) is 25.0 Å². The van der Waals surface area contributed by atoms with Crippen LogP contribution in [-0.4, -0.2) is 45.7 Å². The van der Waals surface area contributed by atoms with Crippen molar-refractivity contribution in [3.05, 3.63) is 38.4 Å². The molecule has 11 heteroatoms. The second kappa shape index (κ2) is 8.43. The number of nitro benzene ring substituents is 2. The molecule has 1 aliphatic rings. The zero-order valence-corrected chi connectivity index (χ0v) is 15.2. The number of nitrogens with zero attached hydrogens (tertiary/aromatic N) is 4. The molecule has 1 aromatic rings. The molecule has 0 aromatic heterocycles. The first kappa shape index (κ1) is 20.1. The van der Waals surface area contributed by atoms with Crippen molar-refractivity contribution in [3.63, 3.8) is 0 Å². The maximum Gasteiger partial charge on any atom is 0.410 e. The molecule has 1 aliphatic heterocycles. The number of nitrogens with one attached hydrogen (secondary N) is 1. The lowest BCUT2D eigenvalue weighted by Gasteiger charge is -2.36. The van der Waals surface area contributed by atoms with Gasteiger partial charge in [-0.25, -0.2) is 4.79 Å². The molecule has 1 fully saturated rings. The fourth-order valence-corrected chi connectivity index (χ4v) is 2.82. The molecule has 0 spiro atoms. The van der Waals surface area contributed by atoms with E-state index in [4.69, 9.17) is 4.74 Å². The van der Waals surface area contributed by atoms with Crippen LogP contribution in [0, 0.1) is 26.1 Å². The number of benzene rings is 1. The van der Waals surface area contributed by atoms with Crippen LogP contribution in [0.3, 0.4) is 0 Å². The summed E-state index contributed by atoms with van der Waals surface area (Å²) < 4.78 is 5.04. The molecule has 1 amide bonds. The van der Waals surface area contributed by atoms with E-state index in [0.29, 0.717) is 19.6 Å². The normalized spacial score (nSPS) is 21.0. The van der Waals surface area contributed by atoms with E-state index < -0.39 is 15.5 Å². The van der Waals surface area contributed by atoms with Gasteiger partial charge >= 0.3 is 11.8 Å². The summed E-state index contributed by atoms with van der Waals surface area (Å²) >= 11 is 0. The molecule has 1 saturated heterocycles. The van der Waals surface area contributed by atoms with Gasteiger partial charge in [0.05, 0.1) is 22.5 Å². The molecule has 11 nitrogen and oxygen atoms in total. The minimum atomic E-state index is -0.703. The van der Waals surface area contributed by atoms with Crippen LogP contribution in [0.4, 0.5) is 21.9 Å². The van der Waals surface area contributed by atoms with Crippen molar-refractivity contribution in [1.29, 1.82) is 0 Å². The highest BCUT2D eigenvalue weighted by Crippen LogP contribution is 2.29. The van der Waals surface area contributed by atoms with Gasteiger partial charge in [0.2, 0.25) is 0 Å². The number of likely N-dealkylation sites (tertiary alicyclic amines) is 1. The third kappa shape index (κ3) is 4.68. The van der Waals surface area contributed by atoms with E-state index in [0.717, 1.165) is 11.8 Å². The second-order valence-corrected chi connectivity index (χ2v) is 6.24. The first-order valence-corrected chi connectivity index (χ1v) is 8.43. The van der Waals surface area contributed by atoms with E-state index in [1.54, 1.807) is 11.8 Å². The number of hydrogen-bond acceptors (Lipinski definition) is 8. The minimum absolute atomic E-state index is 0.0609. The van der Waals surface area contributed by atoms with Crippen molar-refractivity contribution in [2.45, 2.75) is 33.2 Å². The molecule has 0 unspecified atom stereocenters. The van der Waals surface area contributed by atoms with Crippen molar-refractivity contribution in [3.8, 4) is 0 Å². The lowest BCUT2D eigenvalue weighted by Crippen LogP contribution is -2.49. The molecule has 1 aromatic carbocycles. The Hall–Kier alpha value is -3.24. The number of nitro groups is 2. The number of carbonyl (C=O) groups is 1. The lowest BCUT2D eigenvalue weighted by molar-refractivity contribution is -0.393. The summed E-state index contributed by atoms with van der Waals surface area (Å²) in [6.45, 7) is 6.21. The number of amides is 1. The number of piperidine rings is 1. The number of hydrazone groups is 1. The Kier molecular flexibility index (Phi) is 6.27. The number of hydrogen-bond donors (Lipinski definition) is 1. The first-order valence-electron chi connectivity index (χ1n) is 8.43. The molecule has 1 heterocycles. The monoisotopic (exact) mass is 379 g/mol. The summed E-state index contributed by atoms with van der Waals surface area (Å²) in [6, 6.07) is 3.18. The van der Waals surface area contributed by atoms with Gasteiger partial charge in [-0.05, 0) is 19.9 Å². The molecule has 0 radical (unpaired) electrons. The van der Waals surface area contributed by atoms with E-state index in [2.05, 4.69) is 10.5 Å². The van der Waals surface area contributed by atoms with Crippen LogP contribution in [0.25, 0.3) is 0 Å². The Morgan fingerprint density at radius 2 is 2.04 bits per heavy atom. The molecule has 0 bridgehead atoms. The Morgan fingerprint density at radius 3 is 2.63 bits per heavy atom. The van der Waals surface area contributed by atoms with Crippen LogP contribution in [-0.2, 0) is 4.74 Å². The van der Waals surface area contributed by atoms with Gasteiger partial charge in [0.15, 0.2) is 0 Å². The molecule has 0 saturated carbocycles. The predicted molar refractivity (Wildman–Crippen MR) is 97.8 cm³/mol. The van der Waals surface area contributed by atoms with Crippen LogP contribution in [0.15, 0.2) is 23.3 Å². The standard InChI is InChI=1S/C16H21N5O6/c1-4-27-16(22)19-9-10(2)14(7-11(19)3)18-17-13-6-5-12(20(23)24)8-15(13)21(25)26/h5-6,8,10-11,17H,4,7,9H2,1-3H3/b18-14-/t10-,11+/m1/s1. The summed E-state index contributed by atoms with van der Waals surface area (Å²) in [7, 11) is 0. The third-order valence-corrected chi connectivity index (χ3v) is 4.29. The average molecular weight is 379 g/mol. The van der Waals surface area contributed by atoms with Crippen LogP contribution >= 0.6 is 0 Å². The lowest BCUT2D eigenvalue weighted by atomic mass is 9.93. The van der Waals surface area contributed by atoms with Gasteiger partial charge in [0.25, 0.3) is 5.69 Å². The first-order chi connectivity index (χ1) is 12.7. The topological polar surface area (TPSA) is 140 Å². The highest BCUT2D eigenvalue weighted by Gasteiger charge is 2.32. The molecular formula is C16H21N5O6. The van der Waals surface area contributed by atoms with Gasteiger partial charge in [0.1, 0.15) is 5.69 Å². The zero-order valence-electron chi connectivity index (χ0n) is 15.2. The highest BCUT2D eigenvalue weighted by molar-refractivity contribution is 5.90.